The predicted octanol–water partition coefficient (Wildman–Crippen LogP) is 2.77. The molecule has 0 aliphatic heterocycles. The Balaban J connectivity index is 0.000000364. The van der Waals surface area contributed by atoms with Crippen molar-refractivity contribution in [1.82, 2.24) is 0 Å². The van der Waals surface area contributed by atoms with Crippen molar-refractivity contribution in [3.8, 4) is 0 Å². The maximum absolute atomic E-state index is 8.95. The minimum absolute atomic E-state index is 0.293. The number of hydrogen-bond donors (Lipinski definition) is 0. The molecule has 1 aromatic carbocycles. The summed E-state index contributed by atoms with van der Waals surface area (Å²) in [6.45, 7) is 7.05. The fourth-order valence-electron chi connectivity index (χ4n) is 0.938. The van der Waals surface area contributed by atoms with Crippen LogP contribution in [-0.2, 0) is 14.9 Å². The zero-order valence-corrected chi connectivity index (χ0v) is 9.28. The summed E-state index contributed by atoms with van der Waals surface area (Å²) >= 11 is 0. The summed E-state index contributed by atoms with van der Waals surface area (Å²) in [6.07, 6.45) is 0. The summed E-state index contributed by atoms with van der Waals surface area (Å²) < 4.78 is 3.86. The van der Waals surface area contributed by atoms with Crippen LogP contribution in [0.2, 0.25) is 0 Å². The normalized spacial score (nSPS) is 9.71. The molecule has 0 spiro atoms. The summed E-state index contributed by atoms with van der Waals surface area (Å²) in [6, 6.07) is 10.6. The van der Waals surface area contributed by atoms with E-state index in [1.165, 1.54) is 12.7 Å². The van der Waals surface area contributed by atoms with Crippen LogP contribution in [-0.4, -0.2) is 13.6 Å². The lowest BCUT2D eigenvalue weighted by molar-refractivity contribution is -0.126. The van der Waals surface area contributed by atoms with Gasteiger partial charge in [0.2, 0.25) is 0 Å². The zero-order valence-electron chi connectivity index (χ0n) is 9.28. The molecule has 0 N–H and O–H groups in total. The van der Waals surface area contributed by atoms with Crippen LogP contribution >= 0.6 is 0 Å². The van der Waals surface area contributed by atoms with Gasteiger partial charge in [0.1, 0.15) is 0 Å². The van der Waals surface area contributed by atoms with Gasteiger partial charge in [-0.25, -0.2) is 0 Å². The van der Waals surface area contributed by atoms with Gasteiger partial charge in [-0.15, -0.1) is 0 Å². The molecule has 0 aromatic heterocycles. The molecule has 0 fully saturated rings. The third-order valence-corrected chi connectivity index (χ3v) is 1.74. The molecule has 0 aliphatic rings. The molecule has 0 saturated heterocycles. The van der Waals surface area contributed by atoms with E-state index in [0.29, 0.717) is 11.9 Å². The number of hydrogen-bond acceptors (Lipinski definition) is 2. The van der Waals surface area contributed by atoms with Gasteiger partial charge in [-0.3, -0.25) is 4.79 Å². The maximum Gasteiger partial charge on any atom is 0.292 e. The van der Waals surface area contributed by atoms with Gasteiger partial charge >= 0.3 is 0 Å². The first-order valence-electron chi connectivity index (χ1n) is 4.54. The van der Waals surface area contributed by atoms with Gasteiger partial charge in [0.15, 0.2) is 0 Å². The average molecular weight is 194 g/mol. The SMILES string of the molecule is CC(C)(C)c1ccccc1.COC=O. The Kier molecular flexibility index (Phi) is 5.61. The van der Waals surface area contributed by atoms with Crippen LogP contribution in [0.5, 0.6) is 0 Å². The summed E-state index contributed by atoms with van der Waals surface area (Å²) in [5.41, 5.74) is 1.69. The van der Waals surface area contributed by atoms with E-state index in [1.807, 2.05) is 0 Å². The Morgan fingerprint density at radius 3 is 1.79 bits per heavy atom. The number of benzene rings is 1. The van der Waals surface area contributed by atoms with Crippen LogP contribution in [0, 0.1) is 0 Å². The number of carbonyl (C=O) groups is 1. The van der Waals surface area contributed by atoms with Crippen molar-refractivity contribution in [2.24, 2.45) is 0 Å². The second kappa shape index (κ2) is 6.19. The Morgan fingerprint density at radius 2 is 1.57 bits per heavy atom. The van der Waals surface area contributed by atoms with Gasteiger partial charge in [0.25, 0.3) is 6.47 Å². The van der Waals surface area contributed by atoms with Gasteiger partial charge in [0, 0.05) is 0 Å². The maximum atomic E-state index is 8.95. The molecule has 0 atom stereocenters. The molecule has 78 valence electrons. The summed E-state index contributed by atoms with van der Waals surface area (Å²) in [5, 5.41) is 0. The van der Waals surface area contributed by atoms with Crippen molar-refractivity contribution in [2.45, 2.75) is 26.2 Å². The molecular formula is C12H18O2. The molecule has 0 unspecified atom stereocenters. The highest BCUT2D eigenvalue weighted by Crippen LogP contribution is 2.20. The summed E-state index contributed by atoms with van der Waals surface area (Å²) in [4.78, 5) is 8.95. The number of ether oxygens (including phenoxy) is 1. The first-order chi connectivity index (χ1) is 6.52. The van der Waals surface area contributed by atoms with Crippen molar-refractivity contribution in [3.05, 3.63) is 35.9 Å². The number of rotatable bonds is 1. The predicted molar refractivity (Wildman–Crippen MR) is 58.2 cm³/mol. The van der Waals surface area contributed by atoms with Gasteiger partial charge in [-0.05, 0) is 11.0 Å². The van der Waals surface area contributed by atoms with E-state index >= 15 is 0 Å². The van der Waals surface area contributed by atoms with Crippen LogP contribution in [0.1, 0.15) is 26.3 Å². The van der Waals surface area contributed by atoms with Crippen molar-refractivity contribution in [2.75, 3.05) is 7.11 Å². The van der Waals surface area contributed by atoms with Gasteiger partial charge in [-0.1, -0.05) is 51.1 Å². The molecule has 0 aliphatic carbocycles. The van der Waals surface area contributed by atoms with Crippen molar-refractivity contribution in [3.63, 3.8) is 0 Å². The highest BCUT2D eigenvalue weighted by molar-refractivity contribution is 5.36. The van der Waals surface area contributed by atoms with Crippen LogP contribution < -0.4 is 0 Å². The first kappa shape index (κ1) is 12.7. The van der Waals surface area contributed by atoms with Gasteiger partial charge in [-0.2, -0.15) is 0 Å². The zero-order chi connectivity index (χ0) is 11.0. The Morgan fingerprint density at radius 1 is 1.14 bits per heavy atom. The fourth-order valence-corrected chi connectivity index (χ4v) is 0.938. The molecule has 2 heteroatoms. The fraction of sp³-hybridized carbons (Fsp3) is 0.417. The lowest BCUT2D eigenvalue weighted by Gasteiger charge is -2.18. The summed E-state index contributed by atoms with van der Waals surface area (Å²) in [7, 11) is 1.31. The molecule has 2 nitrogen and oxygen atoms in total. The lowest BCUT2D eigenvalue weighted by Crippen LogP contribution is -2.10. The van der Waals surface area contributed by atoms with Crippen molar-refractivity contribution >= 4 is 6.47 Å². The van der Waals surface area contributed by atoms with E-state index in [4.69, 9.17) is 4.79 Å². The van der Waals surface area contributed by atoms with E-state index in [0.717, 1.165) is 0 Å². The van der Waals surface area contributed by atoms with E-state index in [-0.39, 0.29) is 0 Å². The van der Waals surface area contributed by atoms with E-state index in [2.05, 4.69) is 55.8 Å². The minimum atomic E-state index is 0.293. The largest absolute Gasteiger partial charge is 0.471 e. The third kappa shape index (κ3) is 5.36. The molecule has 0 radical (unpaired) electrons. The molecule has 1 rings (SSSR count). The van der Waals surface area contributed by atoms with E-state index < -0.39 is 0 Å². The monoisotopic (exact) mass is 194 g/mol. The Labute approximate surface area is 85.9 Å². The summed E-state index contributed by atoms with van der Waals surface area (Å²) in [5.74, 6) is 0. The van der Waals surface area contributed by atoms with Crippen LogP contribution in [0.15, 0.2) is 30.3 Å². The quantitative estimate of drug-likeness (QED) is 0.642. The molecule has 1 aromatic rings. The molecule has 0 amide bonds. The topological polar surface area (TPSA) is 26.3 Å². The van der Waals surface area contributed by atoms with Crippen molar-refractivity contribution < 1.29 is 9.53 Å². The van der Waals surface area contributed by atoms with Gasteiger partial charge < -0.3 is 4.74 Å². The van der Waals surface area contributed by atoms with E-state index in [9.17, 15) is 0 Å². The lowest BCUT2D eigenvalue weighted by atomic mass is 9.87. The van der Waals surface area contributed by atoms with E-state index in [1.54, 1.807) is 0 Å². The second-order valence-electron chi connectivity index (χ2n) is 3.95. The molecule has 14 heavy (non-hydrogen) atoms. The number of methoxy groups -OCH3 is 1. The Hall–Kier alpha value is -1.31. The standard InChI is InChI=1S/C10H14.C2H4O2/c1-10(2,3)9-7-5-4-6-8-9;1-4-2-3/h4-8H,1-3H3;2H,1H3. The molecule has 0 saturated carbocycles. The molecule has 0 heterocycles. The highest BCUT2D eigenvalue weighted by Gasteiger charge is 2.11. The third-order valence-electron chi connectivity index (χ3n) is 1.74. The van der Waals surface area contributed by atoms with Crippen molar-refractivity contribution in [1.29, 1.82) is 0 Å². The van der Waals surface area contributed by atoms with Crippen LogP contribution in [0.25, 0.3) is 0 Å². The Bertz CT molecular complexity index is 247. The number of carbonyl (C=O) groups excluding carboxylic acids is 1. The van der Waals surface area contributed by atoms with Crippen LogP contribution in [0.3, 0.4) is 0 Å². The minimum Gasteiger partial charge on any atom is -0.471 e. The smallest absolute Gasteiger partial charge is 0.292 e. The average Bonchev–Trinajstić information content (AvgIpc) is 2.18. The first-order valence-corrected chi connectivity index (χ1v) is 4.54. The molecule has 0 bridgehead atoms. The van der Waals surface area contributed by atoms with Gasteiger partial charge in [0.05, 0.1) is 7.11 Å². The van der Waals surface area contributed by atoms with Crippen LogP contribution in [0.4, 0.5) is 0 Å². The highest BCUT2D eigenvalue weighted by atomic mass is 16.5. The molecular weight excluding hydrogens is 176 g/mol. The second-order valence-corrected chi connectivity index (χ2v) is 3.95.